The first-order chi connectivity index (χ1) is 8.68. The lowest BCUT2D eigenvalue weighted by molar-refractivity contribution is -0.152. The molecule has 0 radical (unpaired) electrons. The Balaban J connectivity index is 2.55. The highest BCUT2D eigenvalue weighted by Gasteiger charge is 2.42. The second kappa shape index (κ2) is 8.02. The average molecular weight is 275 g/mol. The lowest BCUT2D eigenvalue weighted by Crippen LogP contribution is -2.54. The molecule has 0 aromatic rings. The van der Waals surface area contributed by atoms with Crippen molar-refractivity contribution in [3.05, 3.63) is 0 Å². The number of ether oxygens (including phenoxy) is 2. The van der Waals surface area contributed by atoms with Gasteiger partial charge in [-0.3, -0.25) is 4.79 Å². The van der Waals surface area contributed by atoms with E-state index in [1.165, 1.54) is 6.42 Å². The average Bonchev–Trinajstić information content (AvgIpc) is 2.39. The standard InChI is InChI=1S/C13H25NO3S/c1-4-17-12(15)13(14-2)7-5-6-11(10-13)18-9-8-16-3/h11,14H,4-10H2,1-3H3. The molecule has 0 spiro atoms. The maximum Gasteiger partial charge on any atom is 0.326 e. The predicted octanol–water partition coefficient (Wildman–Crippen LogP) is 1.83. The SMILES string of the molecule is CCOC(=O)C1(NC)CCCC(SCCOC)C1. The number of carbonyl (C=O) groups excluding carboxylic acids is 1. The van der Waals surface area contributed by atoms with E-state index in [0.717, 1.165) is 31.6 Å². The molecule has 1 aliphatic carbocycles. The van der Waals surface area contributed by atoms with Crippen LogP contribution in [0.4, 0.5) is 0 Å². The van der Waals surface area contributed by atoms with E-state index in [-0.39, 0.29) is 5.97 Å². The monoisotopic (exact) mass is 275 g/mol. The quantitative estimate of drug-likeness (QED) is 0.567. The lowest BCUT2D eigenvalue weighted by Gasteiger charge is -2.38. The van der Waals surface area contributed by atoms with Gasteiger partial charge in [-0.05, 0) is 39.7 Å². The van der Waals surface area contributed by atoms with Crippen LogP contribution in [-0.4, -0.2) is 49.9 Å². The minimum atomic E-state index is -0.473. The third kappa shape index (κ3) is 4.14. The number of rotatable bonds is 7. The summed E-state index contributed by atoms with van der Waals surface area (Å²) in [4.78, 5) is 12.1. The molecule has 2 unspecified atom stereocenters. The molecule has 0 saturated heterocycles. The minimum absolute atomic E-state index is 0.0930. The van der Waals surface area contributed by atoms with Gasteiger partial charge in [0.2, 0.25) is 0 Å². The van der Waals surface area contributed by atoms with Crippen LogP contribution >= 0.6 is 11.8 Å². The number of esters is 1. The van der Waals surface area contributed by atoms with Gasteiger partial charge in [0.05, 0.1) is 13.2 Å². The summed E-state index contributed by atoms with van der Waals surface area (Å²) in [7, 11) is 3.58. The molecule has 18 heavy (non-hydrogen) atoms. The number of thioether (sulfide) groups is 1. The highest BCUT2D eigenvalue weighted by Crippen LogP contribution is 2.35. The molecule has 0 bridgehead atoms. The van der Waals surface area contributed by atoms with E-state index in [2.05, 4.69) is 5.32 Å². The highest BCUT2D eigenvalue weighted by molar-refractivity contribution is 7.99. The second-order valence-electron chi connectivity index (χ2n) is 4.63. The van der Waals surface area contributed by atoms with Gasteiger partial charge < -0.3 is 14.8 Å². The molecule has 0 aliphatic heterocycles. The first-order valence-corrected chi connectivity index (χ1v) is 7.70. The van der Waals surface area contributed by atoms with E-state index in [4.69, 9.17) is 9.47 Å². The number of methoxy groups -OCH3 is 1. The van der Waals surface area contributed by atoms with Crippen molar-refractivity contribution in [1.29, 1.82) is 0 Å². The van der Waals surface area contributed by atoms with Gasteiger partial charge in [0.25, 0.3) is 0 Å². The predicted molar refractivity (Wildman–Crippen MR) is 75.0 cm³/mol. The molecule has 0 heterocycles. The van der Waals surface area contributed by atoms with Crippen LogP contribution in [0.1, 0.15) is 32.6 Å². The Morgan fingerprint density at radius 3 is 2.94 bits per heavy atom. The van der Waals surface area contributed by atoms with E-state index in [9.17, 15) is 4.79 Å². The zero-order valence-corrected chi connectivity index (χ0v) is 12.5. The largest absolute Gasteiger partial charge is 0.465 e. The first kappa shape index (κ1) is 15.8. The molecule has 0 amide bonds. The number of hydrogen-bond acceptors (Lipinski definition) is 5. The maximum absolute atomic E-state index is 12.1. The van der Waals surface area contributed by atoms with Crippen molar-refractivity contribution in [2.45, 2.75) is 43.4 Å². The van der Waals surface area contributed by atoms with Gasteiger partial charge >= 0.3 is 5.97 Å². The van der Waals surface area contributed by atoms with Gasteiger partial charge in [-0.25, -0.2) is 0 Å². The van der Waals surface area contributed by atoms with Crippen LogP contribution in [0, 0.1) is 0 Å². The second-order valence-corrected chi connectivity index (χ2v) is 6.04. The zero-order chi connectivity index (χ0) is 13.4. The molecule has 1 aliphatic rings. The van der Waals surface area contributed by atoms with Crippen LogP contribution in [0.15, 0.2) is 0 Å². The summed E-state index contributed by atoms with van der Waals surface area (Å²) < 4.78 is 10.3. The van der Waals surface area contributed by atoms with Crippen molar-refractivity contribution < 1.29 is 14.3 Å². The van der Waals surface area contributed by atoms with Gasteiger partial charge in [-0.2, -0.15) is 11.8 Å². The Morgan fingerprint density at radius 2 is 2.33 bits per heavy atom. The van der Waals surface area contributed by atoms with E-state index in [0.29, 0.717) is 11.9 Å². The Labute approximate surface area is 114 Å². The number of hydrogen-bond donors (Lipinski definition) is 1. The van der Waals surface area contributed by atoms with Crippen molar-refractivity contribution in [1.82, 2.24) is 5.32 Å². The van der Waals surface area contributed by atoms with Gasteiger partial charge in [-0.1, -0.05) is 0 Å². The van der Waals surface area contributed by atoms with Crippen LogP contribution in [-0.2, 0) is 14.3 Å². The van der Waals surface area contributed by atoms with Gasteiger partial charge in [-0.15, -0.1) is 0 Å². The van der Waals surface area contributed by atoms with Crippen LogP contribution < -0.4 is 5.32 Å². The topological polar surface area (TPSA) is 47.6 Å². The van der Waals surface area contributed by atoms with Crippen molar-refractivity contribution in [2.24, 2.45) is 0 Å². The number of likely N-dealkylation sites (N-methyl/N-ethyl adjacent to an activating group) is 1. The van der Waals surface area contributed by atoms with Gasteiger partial charge in [0.1, 0.15) is 5.54 Å². The minimum Gasteiger partial charge on any atom is -0.465 e. The fourth-order valence-electron chi connectivity index (χ4n) is 2.45. The fraction of sp³-hybridized carbons (Fsp3) is 0.923. The van der Waals surface area contributed by atoms with Crippen molar-refractivity contribution in [3.8, 4) is 0 Å². The van der Waals surface area contributed by atoms with Crippen molar-refractivity contribution in [2.75, 3.05) is 33.1 Å². The molecule has 106 valence electrons. The molecule has 1 N–H and O–H groups in total. The number of carbonyl (C=O) groups is 1. The van der Waals surface area contributed by atoms with Crippen LogP contribution in [0.25, 0.3) is 0 Å². The third-order valence-corrected chi connectivity index (χ3v) is 4.77. The summed E-state index contributed by atoms with van der Waals surface area (Å²) in [6.45, 7) is 3.08. The summed E-state index contributed by atoms with van der Waals surface area (Å²) in [6.07, 6.45) is 3.99. The Bertz CT molecular complexity index is 263. The summed E-state index contributed by atoms with van der Waals surface area (Å²) in [5.41, 5.74) is -0.473. The molecule has 4 nitrogen and oxygen atoms in total. The molecule has 5 heteroatoms. The summed E-state index contributed by atoms with van der Waals surface area (Å²) in [6, 6.07) is 0. The van der Waals surface area contributed by atoms with E-state index in [1.54, 1.807) is 7.11 Å². The van der Waals surface area contributed by atoms with Crippen molar-refractivity contribution in [3.63, 3.8) is 0 Å². The molecule has 0 aromatic carbocycles. The van der Waals surface area contributed by atoms with Crippen molar-refractivity contribution >= 4 is 17.7 Å². The molecule has 1 fully saturated rings. The Morgan fingerprint density at radius 1 is 1.56 bits per heavy atom. The highest BCUT2D eigenvalue weighted by atomic mass is 32.2. The molecule has 1 saturated carbocycles. The van der Waals surface area contributed by atoms with E-state index >= 15 is 0 Å². The van der Waals surface area contributed by atoms with Gasteiger partial charge in [0.15, 0.2) is 0 Å². The fourth-order valence-corrected chi connectivity index (χ4v) is 3.78. The summed E-state index contributed by atoms with van der Waals surface area (Å²) in [5, 5.41) is 3.72. The number of nitrogens with one attached hydrogen (secondary N) is 1. The van der Waals surface area contributed by atoms with Crippen LogP contribution in [0.3, 0.4) is 0 Å². The van der Waals surface area contributed by atoms with Crippen LogP contribution in [0.5, 0.6) is 0 Å². The smallest absolute Gasteiger partial charge is 0.326 e. The van der Waals surface area contributed by atoms with Crippen LogP contribution in [0.2, 0.25) is 0 Å². The molecule has 2 atom stereocenters. The summed E-state index contributed by atoms with van der Waals surface area (Å²) in [5.74, 6) is 0.897. The zero-order valence-electron chi connectivity index (χ0n) is 11.7. The lowest BCUT2D eigenvalue weighted by atomic mass is 9.81. The normalized spacial score (nSPS) is 28.1. The Kier molecular flexibility index (Phi) is 7.04. The molecular formula is C13H25NO3S. The van der Waals surface area contributed by atoms with E-state index in [1.807, 2.05) is 25.7 Å². The summed E-state index contributed by atoms with van der Waals surface area (Å²) >= 11 is 1.90. The Hall–Kier alpha value is -0.260. The molecular weight excluding hydrogens is 250 g/mol. The van der Waals surface area contributed by atoms with E-state index < -0.39 is 5.54 Å². The maximum atomic E-state index is 12.1. The third-order valence-electron chi connectivity index (χ3n) is 3.49. The van der Waals surface area contributed by atoms with Gasteiger partial charge in [0, 0.05) is 18.1 Å². The first-order valence-electron chi connectivity index (χ1n) is 6.65. The molecule has 1 rings (SSSR count). The molecule has 0 aromatic heterocycles.